The van der Waals surface area contributed by atoms with E-state index in [0.29, 0.717) is 6.04 Å². The highest BCUT2D eigenvalue weighted by atomic mass is 15.3. The Morgan fingerprint density at radius 2 is 1.76 bits per heavy atom. The molecule has 0 amide bonds. The van der Waals surface area contributed by atoms with Crippen LogP contribution in [0, 0.1) is 5.92 Å². The second kappa shape index (κ2) is 8.29. The van der Waals surface area contributed by atoms with E-state index in [2.05, 4.69) is 45.9 Å². The van der Waals surface area contributed by atoms with Crippen molar-refractivity contribution in [1.29, 1.82) is 0 Å². The van der Waals surface area contributed by atoms with Gasteiger partial charge in [0.1, 0.15) is 0 Å². The van der Waals surface area contributed by atoms with Gasteiger partial charge in [0, 0.05) is 51.2 Å². The second-order valence-electron chi connectivity index (χ2n) is 6.19. The Balaban J connectivity index is 1.79. The standard InChI is InChI=1S/C16H29N5/c1-4-15(13-17-12-14(2)3)20-8-10-21(11-9-20)16-18-6-5-7-19-16/h5-7,14-15,17H,4,8-13H2,1-3H3. The lowest BCUT2D eigenvalue weighted by atomic mass is 10.1. The molecule has 5 heteroatoms. The SMILES string of the molecule is CCC(CNCC(C)C)N1CCN(c2ncccn2)CC1. The molecular weight excluding hydrogens is 262 g/mol. The van der Waals surface area contributed by atoms with Crippen molar-refractivity contribution in [1.82, 2.24) is 20.2 Å². The molecule has 0 aliphatic carbocycles. The maximum atomic E-state index is 4.35. The Labute approximate surface area is 128 Å². The number of rotatable bonds is 7. The molecule has 2 heterocycles. The summed E-state index contributed by atoms with van der Waals surface area (Å²) in [6.07, 6.45) is 4.84. The van der Waals surface area contributed by atoms with Gasteiger partial charge in [0.25, 0.3) is 0 Å². The number of aromatic nitrogens is 2. The molecule has 1 aliphatic rings. The summed E-state index contributed by atoms with van der Waals surface area (Å²) in [5.41, 5.74) is 0. The minimum atomic E-state index is 0.641. The predicted octanol–water partition coefficient (Wildman–Crippen LogP) is 1.62. The van der Waals surface area contributed by atoms with Gasteiger partial charge in [0.05, 0.1) is 0 Å². The molecular formula is C16H29N5. The van der Waals surface area contributed by atoms with E-state index in [1.165, 1.54) is 6.42 Å². The molecule has 1 saturated heterocycles. The molecule has 0 radical (unpaired) electrons. The molecule has 1 atom stereocenters. The first-order valence-electron chi connectivity index (χ1n) is 8.17. The molecule has 0 saturated carbocycles. The molecule has 21 heavy (non-hydrogen) atoms. The van der Waals surface area contributed by atoms with Gasteiger partial charge in [-0.3, -0.25) is 4.90 Å². The number of nitrogens with one attached hydrogen (secondary N) is 1. The van der Waals surface area contributed by atoms with Gasteiger partial charge in [-0.15, -0.1) is 0 Å². The van der Waals surface area contributed by atoms with Crippen LogP contribution >= 0.6 is 0 Å². The first kappa shape index (κ1) is 16.2. The molecule has 1 N–H and O–H groups in total. The average Bonchev–Trinajstić information content (AvgIpc) is 2.52. The summed E-state index contributed by atoms with van der Waals surface area (Å²) in [5.74, 6) is 1.58. The minimum Gasteiger partial charge on any atom is -0.338 e. The van der Waals surface area contributed by atoms with Crippen molar-refractivity contribution < 1.29 is 0 Å². The van der Waals surface area contributed by atoms with Crippen molar-refractivity contribution in [2.45, 2.75) is 33.2 Å². The molecule has 5 nitrogen and oxygen atoms in total. The van der Waals surface area contributed by atoms with Crippen LogP contribution in [0.4, 0.5) is 5.95 Å². The second-order valence-corrected chi connectivity index (χ2v) is 6.19. The molecule has 118 valence electrons. The fourth-order valence-electron chi connectivity index (χ4n) is 2.81. The van der Waals surface area contributed by atoms with E-state index >= 15 is 0 Å². The van der Waals surface area contributed by atoms with E-state index in [-0.39, 0.29) is 0 Å². The van der Waals surface area contributed by atoms with E-state index in [4.69, 9.17) is 0 Å². The van der Waals surface area contributed by atoms with Crippen molar-refractivity contribution in [2.75, 3.05) is 44.2 Å². The number of piperazine rings is 1. The van der Waals surface area contributed by atoms with E-state index < -0.39 is 0 Å². The van der Waals surface area contributed by atoms with Gasteiger partial charge in [-0.25, -0.2) is 9.97 Å². The first-order valence-corrected chi connectivity index (χ1v) is 8.17. The zero-order valence-electron chi connectivity index (χ0n) is 13.6. The molecule has 1 aliphatic heterocycles. The van der Waals surface area contributed by atoms with Gasteiger partial charge >= 0.3 is 0 Å². The van der Waals surface area contributed by atoms with Crippen molar-refractivity contribution in [3.8, 4) is 0 Å². The molecule has 2 rings (SSSR count). The van der Waals surface area contributed by atoms with E-state index in [1.807, 2.05) is 18.5 Å². The summed E-state index contributed by atoms with van der Waals surface area (Å²) in [6.45, 7) is 13.2. The van der Waals surface area contributed by atoms with Crippen molar-refractivity contribution in [2.24, 2.45) is 5.92 Å². The lowest BCUT2D eigenvalue weighted by Gasteiger charge is -2.39. The van der Waals surface area contributed by atoms with Crippen LogP contribution in [0.2, 0.25) is 0 Å². The summed E-state index contributed by atoms with van der Waals surface area (Å²) in [5, 5.41) is 3.60. The highest BCUT2D eigenvalue weighted by Crippen LogP contribution is 2.13. The molecule has 1 unspecified atom stereocenters. The van der Waals surface area contributed by atoms with Crippen LogP contribution in [0.15, 0.2) is 18.5 Å². The topological polar surface area (TPSA) is 44.3 Å². The van der Waals surface area contributed by atoms with Gasteiger partial charge in [-0.05, 0) is 24.9 Å². The highest BCUT2D eigenvalue weighted by molar-refractivity contribution is 5.29. The van der Waals surface area contributed by atoms with Crippen LogP contribution in [0.3, 0.4) is 0 Å². The summed E-state index contributed by atoms with van der Waals surface area (Å²) in [6, 6.07) is 2.51. The van der Waals surface area contributed by atoms with E-state index in [0.717, 1.165) is 51.1 Å². The molecule has 0 aromatic carbocycles. The van der Waals surface area contributed by atoms with Crippen molar-refractivity contribution in [3.63, 3.8) is 0 Å². The Hall–Kier alpha value is -1.20. The monoisotopic (exact) mass is 291 g/mol. The van der Waals surface area contributed by atoms with Crippen LogP contribution in [-0.2, 0) is 0 Å². The van der Waals surface area contributed by atoms with Gasteiger partial charge in [0.15, 0.2) is 0 Å². The third kappa shape index (κ3) is 4.93. The Morgan fingerprint density at radius 1 is 1.10 bits per heavy atom. The zero-order valence-corrected chi connectivity index (χ0v) is 13.6. The lowest BCUT2D eigenvalue weighted by Crippen LogP contribution is -2.53. The molecule has 1 aromatic rings. The fourth-order valence-corrected chi connectivity index (χ4v) is 2.81. The van der Waals surface area contributed by atoms with Crippen LogP contribution < -0.4 is 10.2 Å². The van der Waals surface area contributed by atoms with Gasteiger partial charge in [-0.1, -0.05) is 20.8 Å². The lowest BCUT2D eigenvalue weighted by molar-refractivity contribution is 0.175. The summed E-state index contributed by atoms with van der Waals surface area (Å²) >= 11 is 0. The molecule has 0 spiro atoms. The average molecular weight is 291 g/mol. The number of hydrogen-bond acceptors (Lipinski definition) is 5. The maximum Gasteiger partial charge on any atom is 0.225 e. The van der Waals surface area contributed by atoms with Crippen LogP contribution in [0.1, 0.15) is 27.2 Å². The number of anilines is 1. The smallest absolute Gasteiger partial charge is 0.225 e. The fraction of sp³-hybridized carbons (Fsp3) is 0.750. The van der Waals surface area contributed by atoms with Crippen molar-refractivity contribution in [3.05, 3.63) is 18.5 Å². The number of hydrogen-bond donors (Lipinski definition) is 1. The Morgan fingerprint density at radius 3 is 2.33 bits per heavy atom. The summed E-state index contributed by atoms with van der Waals surface area (Å²) in [4.78, 5) is 13.6. The Bertz CT molecular complexity index is 387. The van der Waals surface area contributed by atoms with Gasteiger partial charge in [0.2, 0.25) is 5.95 Å². The minimum absolute atomic E-state index is 0.641. The zero-order chi connectivity index (χ0) is 15.1. The van der Waals surface area contributed by atoms with Gasteiger partial charge < -0.3 is 10.2 Å². The molecule has 1 aromatic heterocycles. The quantitative estimate of drug-likeness (QED) is 0.827. The molecule has 1 fully saturated rings. The highest BCUT2D eigenvalue weighted by Gasteiger charge is 2.23. The molecule has 0 bridgehead atoms. The third-order valence-electron chi connectivity index (χ3n) is 4.07. The normalized spacial score (nSPS) is 18.2. The largest absolute Gasteiger partial charge is 0.338 e. The maximum absolute atomic E-state index is 4.35. The predicted molar refractivity (Wildman–Crippen MR) is 87.6 cm³/mol. The van der Waals surface area contributed by atoms with E-state index in [1.54, 1.807) is 0 Å². The van der Waals surface area contributed by atoms with Crippen LogP contribution in [0.5, 0.6) is 0 Å². The number of nitrogens with zero attached hydrogens (tertiary/aromatic N) is 4. The van der Waals surface area contributed by atoms with E-state index in [9.17, 15) is 0 Å². The Kier molecular flexibility index (Phi) is 6.39. The van der Waals surface area contributed by atoms with Gasteiger partial charge in [-0.2, -0.15) is 0 Å². The van der Waals surface area contributed by atoms with Crippen LogP contribution in [-0.4, -0.2) is 60.2 Å². The summed E-state index contributed by atoms with van der Waals surface area (Å²) in [7, 11) is 0. The van der Waals surface area contributed by atoms with Crippen molar-refractivity contribution >= 4 is 5.95 Å². The third-order valence-corrected chi connectivity index (χ3v) is 4.07. The summed E-state index contributed by atoms with van der Waals surface area (Å²) < 4.78 is 0. The van der Waals surface area contributed by atoms with Crippen LogP contribution in [0.25, 0.3) is 0 Å². The first-order chi connectivity index (χ1) is 10.2.